The standard InChI is InChI=1S/C21H29N5O2/c27-20(25-13-15-28-16-14-25)5-4-18-6-11-24(12-7-18)17-19-3-1-10-26(19)21-22-8-2-9-23-21/h1-3,8-10,18H,4-7,11-17H2. The Hall–Kier alpha value is -2.25. The van der Waals surface area contributed by atoms with Crippen LogP contribution >= 0.6 is 0 Å². The number of likely N-dealkylation sites (tertiary alicyclic amines) is 1. The maximum Gasteiger partial charge on any atom is 0.233 e. The zero-order chi connectivity index (χ0) is 19.2. The van der Waals surface area contributed by atoms with Crippen LogP contribution in [-0.2, 0) is 16.1 Å². The summed E-state index contributed by atoms with van der Waals surface area (Å²) in [6.45, 7) is 5.93. The number of rotatable bonds is 6. The smallest absolute Gasteiger partial charge is 0.233 e. The number of carbonyl (C=O) groups is 1. The molecule has 7 heteroatoms. The maximum absolute atomic E-state index is 12.3. The van der Waals surface area contributed by atoms with Gasteiger partial charge in [-0.05, 0) is 56.5 Å². The Morgan fingerprint density at radius 1 is 1.07 bits per heavy atom. The lowest BCUT2D eigenvalue weighted by molar-refractivity contribution is -0.135. The van der Waals surface area contributed by atoms with Gasteiger partial charge < -0.3 is 9.64 Å². The monoisotopic (exact) mass is 383 g/mol. The van der Waals surface area contributed by atoms with E-state index in [4.69, 9.17) is 4.74 Å². The number of hydrogen-bond acceptors (Lipinski definition) is 5. The first kappa shape index (κ1) is 19.1. The minimum absolute atomic E-state index is 0.298. The Morgan fingerprint density at radius 3 is 2.57 bits per heavy atom. The number of amides is 1. The second kappa shape index (κ2) is 9.30. The van der Waals surface area contributed by atoms with E-state index in [9.17, 15) is 4.79 Å². The Bertz CT molecular complexity index is 749. The second-order valence-corrected chi connectivity index (χ2v) is 7.67. The number of carbonyl (C=O) groups excluding carboxylic acids is 1. The summed E-state index contributed by atoms with van der Waals surface area (Å²) >= 11 is 0. The molecule has 4 rings (SSSR count). The van der Waals surface area contributed by atoms with Gasteiger partial charge in [0.15, 0.2) is 0 Å². The SMILES string of the molecule is O=C(CCC1CCN(Cc2cccn2-c2ncccn2)CC1)N1CCOCC1. The van der Waals surface area contributed by atoms with Crippen LogP contribution in [0.1, 0.15) is 31.4 Å². The maximum atomic E-state index is 12.3. The average Bonchev–Trinajstić information content (AvgIpc) is 3.22. The van der Waals surface area contributed by atoms with Crippen LogP contribution in [0.2, 0.25) is 0 Å². The third kappa shape index (κ3) is 4.77. The highest BCUT2D eigenvalue weighted by atomic mass is 16.5. The summed E-state index contributed by atoms with van der Waals surface area (Å²) in [6.07, 6.45) is 9.59. The molecule has 2 saturated heterocycles. The zero-order valence-corrected chi connectivity index (χ0v) is 16.4. The summed E-state index contributed by atoms with van der Waals surface area (Å²) in [5.74, 6) is 1.68. The fourth-order valence-electron chi connectivity index (χ4n) is 4.12. The Morgan fingerprint density at radius 2 is 1.82 bits per heavy atom. The van der Waals surface area contributed by atoms with Gasteiger partial charge in [0.05, 0.1) is 13.2 Å². The third-order valence-corrected chi connectivity index (χ3v) is 5.82. The molecule has 0 saturated carbocycles. The molecule has 7 nitrogen and oxygen atoms in total. The molecule has 0 aromatic carbocycles. The lowest BCUT2D eigenvalue weighted by Gasteiger charge is -2.32. The molecule has 2 aromatic rings. The van der Waals surface area contributed by atoms with Gasteiger partial charge in [0.25, 0.3) is 0 Å². The van der Waals surface area contributed by atoms with Crippen molar-refractivity contribution in [1.29, 1.82) is 0 Å². The number of aromatic nitrogens is 3. The van der Waals surface area contributed by atoms with E-state index in [1.807, 2.05) is 17.2 Å². The number of nitrogens with zero attached hydrogens (tertiary/aromatic N) is 5. The molecule has 0 atom stereocenters. The highest BCUT2D eigenvalue weighted by Gasteiger charge is 2.23. The van der Waals surface area contributed by atoms with Crippen LogP contribution < -0.4 is 0 Å². The van der Waals surface area contributed by atoms with Crippen LogP contribution in [0.3, 0.4) is 0 Å². The minimum Gasteiger partial charge on any atom is -0.378 e. The van der Waals surface area contributed by atoms with E-state index in [0.717, 1.165) is 45.1 Å². The number of piperidine rings is 1. The van der Waals surface area contributed by atoms with Crippen molar-refractivity contribution in [2.24, 2.45) is 5.92 Å². The summed E-state index contributed by atoms with van der Waals surface area (Å²) in [5, 5.41) is 0. The molecule has 28 heavy (non-hydrogen) atoms. The van der Waals surface area contributed by atoms with E-state index in [1.54, 1.807) is 12.4 Å². The molecule has 0 bridgehead atoms. The molecule has 2 fully saturated rings. The van der Waals surface area contributed by atoms with E-state index < -0.39 is 0 Å². The largest absolute Gasteiger partial charge is 0.378 e. The van der Waals surface area contributed by atoms with Crippen molar-refractivity contribution in [3.63, 3.8) is 0 Å². The van der Waals surface area contributed by atoms with E-state index in [1.165, 1.54) is 18.5 Å². The first-order valence-corrected chi connectivity index (χ1v) is 10.3. The number of morpholine rings is 1. The number of ether oxygens (including phenoxy) is 1. The first-order chi connectivity index (χ1) is 13.8. The lowest BCUT2D eigenvalue weighted by Crippen LogP contribution is -2.41. The average molecular weight is 383 g/mol. The molecule has 0 spiro atoms. The number of hydrogen-bond donors (Lipinski definition) is 0. The molecular formula is C21H29N5O2. The molecular weight excluding hydrogens is 354 g/mol. The molecule has 4 heterocycles. The van der Waals surface area contributed by atoms with E-state index >= 15 is 0 Å². The van der Waals surface area contributed by atoms with Gasteiger partial charge in [-0.1, -0.05) is 0 Å². The van der Waals surface area contributed by atoms with Crippen LogP contribution in [-0.4, -0.2) is 69.6 Å². The zero-order valence-electron chi connectivity index (χ0n) is 16.4. The van der Waals surface area contributed by atoms with Crippen molar-refractivity contribution >= 4 is 5.91 Å². The van der Waals surface area contributed by atoms with E-state index in [0.29, 0.717) is 31.5 Å². The quantitative estimate of drug-likeness (QED) is 0.765. The Kier molecular flexibility index (Phi) is 6.34. The van der Waals surface area contributed by atoms with Crippen molar-refractivity contribution in [3.8, 4) is 5.95 Å². The normalized spacial score (nSPS) is 19.1. The Labute approximate surface area is 166 Å². The summed E-state index contributed by atoms with van der Waals surface area (Å²) in [7, 11) is 0. The third-order valence-electron chi connectivity index (χ3n) is 5.82. The molecule has 0 N–H and O–H groups in total. The van der Waals surface area contributed by atoms with E-state index in [2.05, 4.69) is 31.6 Å². The summed E-state index contributed by atoms with van der Waals surface area (Å²) in [4.78, 5) is 25.5. The van der Waals surface area contributed by atoms with Crippen molar-refractivity contribution in [2.45, 2.75) is 32.2 Å². The van der Waals surface area contributed by atoms with Crippen molar-refractivity contribution in [2.75, 3.05) is 39.4 Å². The fourth-order valence-corrected chi connectivity index (χ4v) is 4.12. The first-order valence-electron chi connectivity index (χ1n) is 10.3. The van der Waals surface area contributed by atoms with Gasteiger partial charge in [-0.3, -0.25) is 14.3 Å². The molecule has 2 aromatic heterocycles. The predicted molar refractivity (Wildman–Crippen MR) is 106 cm³/mol. The van der Waals surface area contributed by atoms with Crippen LogP contribution in [0, 0.1) is 5.92 Å². The Balaban J connectivity index is 1.23. The highest BCUT2D eigenvalue weighted by Crippen LogP contribution is 2.24. The van der Waals surface area contributed by atoms with Crippen molar-refractivity contribution < 1.29 is 9.53 Å². The van der Waals surface area contributed by atoms with Gasteiger partial charge >= 0.3 is 0 Å². The highest BCUT2D eigenvalue weighted by molar-refractivity contribution is 5.76. The van der Waals surface area contributed by atoms with E-state index in [-0.39, 0.29) is 0 Å². The lowest BCUT2D eigenvalue weighted by atomic mass is 9.92. The molecule has 150 valence electrons. The summed E-state index contributed by atoms with van der Waals surface area (Å²) in [5.41, 5.74) is 1.21. The van der Waals surface area contributed by atoms with Crippen molar-refractivity contribution in [1.82, 2.24) is 24.3 Å². The second-order valence-electron chi connectivity index (χ2n) is 7.67. The van der Waals surface area contributed by atoms with Gasteiger partial charge in [0.2, 0.25) is 11.9 Å². The molecule has 0 aliphatic carbocycles. The van der Waals surface area contributed by atoms with Crippen molar-refractivity contribution in [3.05, 3.63) is 42.5 Å². The predicted octanol–water partition coefficient (Wildman–Crippen LogP) is 2.12. The van der Waals surface area contributed by atoms with Gasteiger partial charge in [-0.15, -0.1) is 0 Å². The fraction of sp³-hybridized carbons (Fsp3) is 0.571. The van der Waals surface area contributed by atoms with Gasteiger partial charge in [-0.25, -0.2) is 9.97 Å². The minimum atomic E-state index is 0.298. The van der Waals surface area contributed by atoms with Crippen LogP contribution in [0.5, 0.6) is 0 Å². The van der Waals surface area contributed by atoms with Gasteiger partial charge in [-0.2, -0.15) is 0 Å². The molecule has 2 aliphatic heterocycles. The van der Waals surface area contributed by atoms with Gasteiger partial charge in [0, 0.05) is 50.3 Å². The van der Waals surface area contributed by atoms with Crippen LogP contribution in [0.4, 0.5) is 0 Å². The molecule has 2 aliphatic rings. The van der Waals surface area contributed by atoms with Gasteiger partial charge in [0.1, 0.15) is 0 Å². The van der Waals surface area contributed by atoms with Crippen LogP contribution in [0.15, 0.2) is 36.8 Å². The topological polar surface area (TPSA) is 63.5 Å². The van der Waals surface area contributed by atoms with Crippen LogP contribution in [0.25, 0.3) is 5.95 Å². The molecule has 0 unspecified atom stereocenters. The molecule has 1 amide bonds. The summed E-state index contributed by atoms with van der Waals surface area (Å²) < 4.78 is 7.39. The summed E-state index contributed by atoms with van der Waals surface area (Å²) in [6, 6.07) is 6.03. The molecule has 0 radical (unpaired) electrons.